The van der Waals surface area contributed by atoms with E-state index in [1.165, 1.54) is 12.3 Å². The van der Waals surface area contributed by atoms with Crippen molar-refractivity contribution < 1.29 is 32.4 Å². The molecule has 2 aromatic heterocycles. The number of nitrogens with zero attached hydrogens (tertiary/aromatic N) is 1. The van der Waals surface area contributed by atoms with Gasteiger partial charge >= 0.3 is 17.7 Å². The number of amidine groups is 1. The topological polar surface area (TPSA) is 73.6 Å². The smallest absolute Gasteiger partial charge is 0.465 e. The van der Waals surface area contributed by atoms with E-state index in [4.69, 9.17) is 4.42 Å². The number of alkyl halides is 3. The highest BCUT2D eigenvalue weighted by molar-refractivity contribution is 6.10. The van der Waals surface area contributed by atoms with Crippen LogP contribution in [0, 0.1) is 6.92 Å². The van der Waals surface area contributed by atoms with Crippen molar-refractivity contribution in [3.63, 3.8) is 0 Å². The van der Waals surface area contributed by atoms with Crippen LogP contribution >= 0.6 is 0 Å². The molecule has 9 heteroatoms. The number of aryl methyl sites for hydroxylation is 1. The number of aromatic amines is 1. The summed E-state index contributed by atoms with van der Waals surface area (Å²) in [5.41, 5.74) is -1.96. The highest BCUT2D eigenvalue weighted by Crippen LogP contribution is 2.32. The van der Waals surface area contributed by atoms with Crippen molar-refractivity contribution >= 4 is 17.6 Å². The van der Waals surface area contributed by atoms with Crippen LogP contribution < -0.4 is 15.3 Å². The van der Waals surface area contributed by atoms with Crippen molar-refractivity contribution in [1.29, 1.82) is 0 Å². The number of rotatable bonds is 5. The van der Waals surface area contributed by atoms with Gasteiger partial charge in [-0.25, -0.2) is 20.1 Å². The summed E-state index contributed by atoms with van der Waals surface area (Å²) in [5.74, 6) is -0.728. The van der Waals surface area contributed by atoms with Crippen LogP contribution in [0.3, 0.4) is 0 Å². The number of carbonyl (C=O) groups excluding carboxylic acids is 1. The normalized spacial score (nSPS) is 19.1. The molecule has 30 heavy (non-hydrogen) atoms. The summed E-state index contributed by atoms with van der Waals surface area (Å²) >= 11 is 0. The van der Waals surface area contributed by atoms with E-state index in [1.807, 2.05) is 0 Å². The van der Waals surface area contributed by atoms with E-state index < -0.39 is 17.7 Å². The number of benzene rings is 1. The summed E-state index contributed by atoms with van der Waals surface area (Å²) in [6.45, 7) is 1.56. The summed E-state index contributed by atoms with van der Waals surface area (Å²) < 4.78 is 48.4. The Balaban J connectivity index is 1.84. The molecule has 0 bridgehead atoms. The minimum atomic E-state index is -4.94. The van der Waals surface area contributed by atoms with E-state index in [-0.39, 0.29) is 18.2 Å². The first-order chi connectivity index (χ1) is 14.3. The Morgan fingerprint density at radius 1 is 1.07 bits per heavy atom. The number of furan rings is 1. The maximum atomic E-state index is 14.4. The van der Waals surface area contributed by atoms with Crippen LogP contribution in [-0.4, -0.2) is 28.5 Å². The molecule has 0 spiro atoms. The first kappa shape index (κ1) is 19.7. The second-order valence-corrected chi connectivity index (χ2v) is 6.93. The lowest BCUT2D eigenvalue weighted by molar-refractivity contribution is -0.568. The molecule has 0 saturated heterocycles. The number of carbonyl (C=O) groups is 1. The number of aromatic nitrogens is 1. The van der Waals surface area contributed by atoms with Crippen molar-refractivity contribution in [2.24, 2.45) is 0 Å². The van der Waals surface area contributed by atoms with Crippen molar-refractivity contribution in [3.05, 3.63) is 83.9 Å². The largest absolute Gasteiger partial charge is 0.488 e. The van der Waals surface area contributed by atoms with Gasteiger partial charge in [0.1, 0.15) is 5.76 Å². The fourth-order valence-corrected chi connectivity index (χ4v) is 3.34. The van der Waals surface area contributed by atoms with E-state index in [9.17, 15) is 18.0 Å². The number of hydrogen-bond acceptors (Lipinski definition) is 3. The minimum Gasteiger partial charge on any atom is -0.465 e. The zero-order chi connectivity index (χ0) is 21.4. The first-order valence-electron chi connectivity index (χ1n) is 9.19. The van der Waals surface area contributed by atoms with Gasteiger partial charge < -0.3 is 4.42 Å². The molecule has 6 nitrogen and oxygen atoms in total. The van der Waals surface area contributed by atoms with Crippen LogP contribution in [0.1, 0.15) is 17.0 Å². The van der Waals surface area contributed by atoms with Gasteiger partial charge in [0.15, 0.2) is 6.54 Å². The molecule has 154 valence electrons. The minimum absolute atomic E-state index is 0.0366. The van der Waals surface area contributed by atoms with Gasteiger partial charge in [0.2, 0.25) is 0 Å². The van der Waals surface area contributed by atoms with Gasteiger partial charge in [-0.3, -0.25) is 0 Å². The standard InChI is InChI=1S/C21H17F3N4O2/c1-14-7-5-11-17(25-14)26-20(21(22,23)24)19(29)28(13-16-10-6-12-30-16)18(27-20)15-8-3-2-4-9-15/h2-12H,13H2,1H3,(H,25,26)/p+2/t20-/m1/s1. The first-order valence-corrected chi connectivity index (χ1v) is 9.19. The molecule has 0 saturated carbocycles. The molecule has 0 radical (unpaired) electrons. The van der Waals surface area contributed by atoms with Crippen LogP contribution in [0.25, 0.3) is 0 Å². The van der Waals surface area contributed by atoms with Gasteiger partial charge in [0.05, 0.1) is 17.5 Å². The summed E-state index contributed by atoms with van der Waals surface area (Å²) in [6.07, 6.45) is -3.54. The molecule has 0 fully saturated rings. The number of hydrogen-bond donors (Lipinski definition) is 2. The summed E-state index contributed by atoms with van der Waals surface area (Å²) in [4.78, 5) is 19.6. The molecular formula is C21H19F3N4O2+2. The van der Waals surface area contributed by atoms with Crippen LogP contribution in [0.5, 0.6) is 0 Å². The average Bonchev–Trinajstić information content (AvgIpc) is 3.31. The molecule has 1 atom stereocenters. The van der Waals surface area contributed by atoms with E-state index in [0.717, 1.165) is 4.90 Å². The lowest BCUT2D eigenvalue weighted by Gasteiger charge is -2.20. The third-order valence-corrected chi connectivity index (χ3v) is 4.77. The highest BCUT2D eigenvalue weighted by Gasteiger charge is 2.75. The Morgan fingerprint density at radius 3 is 2.47 bits per heavy atom. The SMILES string of the molecule is Cc1cccc(N[C@@]2(C(F)(F)F)[NH+]=C(c3ccccc3)N(Cc3ccco3)C2=O)[nH+]1. The van der Waals surface area contributed by atoms with Crippen molar-refractivity contribution in [2.45, 2.75) is 25.3 Å². The highest BCUT2D eigenvalue weighted by atomic mass is 19.4. The van der Waals surface area contributed by atoms with Gasteiger partial charge in [-0.2, -0.15) is 18.1 Å². The number of H-pyrrole nitrogens is 1. The summed E-state index contributed by atoms with van der Waals surface area (Å²) in [7, 11) is 0. The van der Waals surface area contributed by atoms with Crippen molar-refractivity contribution in [2.75, 3.05) is 5.32 Å². The van der Waals surface area contributed by atoms with Crippen LogP contribution in [-0.2, 0) is 11.3 Å². The Kier molecular flexibility index (Phi) is 4.81. The number of pyridine rings is 1. The zero-order valence-electron chi connectivity index (χ0n) is 16.0. The number of amides is 1. The van der Waals surface area contributed by atoms with Crippen molar-refractivity contribution in [3.8, 4) is 0 Å². The lowest BCUT2D eigenvalue weighted by atomic mass is 10.1. The predicted octanol–water partition coefficient (Wildman–Crippen LogP) is 1.64. The van der Waals surface area contributed by atoms with Crippen LogP contribution in [0.2, 0.25) is 0 Å². The molecule has 1 aliphatic rings. The van der Waals surface area contributed by atoms with E-state index in [1.54, 1.807) is 61.5 Å². The Bertz CT molecular complexity index is 1080. The van der Waals surface area contributed by atoms with Gasteiger partial charge in [-0.1, -0.05) is 24.3 Å². The number of halogens is 3. The molecule has 0 unspecified atom stereocenters. The third kappa shape index (κ3) is 3.42. The Morgan fingerprint density at radius 2 is 1.83 bits per heavy atom. The maximum absolute atomic E-state index is 14.4. The second-order valence-electron chi connectivity index (χ2n) is 6.93. The third-order valence-electron chi connectivity index (χ3n) is 4.77. The molecule has 4 rings (SSSR count). The van der Waals surface area contributed by atoms with Gasteiger partial charge in [0.25, 0.3) is 11.7 Å². The molecule has 1 aliphatic heterocycles. The maximum Gasteiger partial charge on any atom is 0.488 e. The monoisotopic (exact) mass is 416 g/mol. The molecule has 3 aromatic rings. The molecule has 0 aliphatic carbocycles. The average molecular weight is 416 g/mol. The van der Waals surface area contributed by atoms with Gasteiger partial charge in [0, 0.05) is 6.07 Å². The van der Waals surface area contributed by atoms with Crippen LogP contribution in [0.15, 0.2) is 71.3 Å². The fraction of sp³-hybridized carbons (Fsp3) is 0.190. The Labute approximate surface area is 170 Å². The van der Waals surface area contributed by atoms with E-state index in [2.05, 4.69) is 15.3 Å². The second kappa shape index (κ2) is 7.33. The van der Waals surface area contributed by atoms with Gasteiger partial charge in [-0.05, 0) is 37.3 Å². The van der Waals surface area contributed by atoms with Crippen LogP contribution in [0.4, 0.5) is 19.0 Å². The van der Waals surface area contributed by atoms with Gasteiger partial charge in [-0.15, -0.1) is 0 Å². The molecule has 3 heterocycles. The van der Waals surface area contributed by atoms with E-state index in [0.29, 0.717) is 17.0 Å². The fourth-order valence-electron chi connectivity index (χ4n) is 3.34. The summed E-state index contributed by atoms with van der Waals surface area (Å²) in [5, 5.41) is 2.36. The molecule has 1 aromatic carbocycles. The zero-order valence-corrected chi connectivity index (χ0v) is 16.0. The summed E-state index contributed by atoms with van der Waals surface area (Å²) in [6, 6.07) is 16.4. The predicted molar refractivity (Wildman–Crippen MR) is 101 cm³/mol. The molecule has 3 N–H and O–H groups in total. The van der Waals surface area contributed by atoms with E-state index >= 15 is 0 Å². The van der Waals surface area contributed by atoms with Crippen molar-refractivity contribution in [1.82, 2.24) is 4.90 Å². The lowest BCUT2D eigenvalue weighted by Crippen LogP contribution is -2.94. The number of anilines is 1. The Hall–Kier alpha value is -3.62. The number of nitrogens with one attached hydrogen (secondary N) is 3. The molecule has 1 amide bonds. The molecular weight excluding hydrogens is 397 g/mol. The quantitative estimate of drug-likeness (QED) is 0.664.